The predicted molar refractivity (Wildman–Crippen MR) is 69.6 cm³/mol. The first-order chi connectivity index (χ1) is 7.72. The molecule has 0 radical (unpaired) electrons. The van der Waals surface area contributed by atoms with Crippen LogP contribution in [0.1, 0.15) is 24.6 Å². The van der Waals surface area contributed by atoms with Gasteiger partial charge < -0.3 is 10.7 Å². The molecule has 0 aliphatic rings. The number of hydrogen-bond acceptors (Lipinski definition) is 1. The van der Waals surface area contributed by atoms with E-state index in [4.69, 9.17) is 5.73 Å². The molecule has 16 heavy (non-hydrogen) atoms. The van der Waals surface area contributed by atoms with Crippen molar-refractivity contribution in [3.8, 4) is 0 Å². The molecule has 86 valence electrons. The number of aromatic amines is 1. The minimum Gasteiger partial charge on any atom is -0.358 e. The molecule has 0 aliphatic carbocycles. The molecular formula is C14H20N2. The predicted octanol–water partition coefficient (Wildman–Crippen LogP) is 3.00. The number of aryl methyl sites for hydroxylation is 1. The van der Waals surface area contributed by atoms with Gasteiger partial charge in [-0.1, -0.05) is 25.1 Å². The lowest BCUT2D eigenvalue weighted by Crippen LogP contribution is -2.08. The van der Waals surface area contributed by atoms with Crippen molar-refractivity contribution in [1.82, 2.24) is 4.98 Å². The van der Waals surface area contributed by atoms with E-state index < -0.39 is 0 Å². The van der Waals surface area contributed by atoms with Crippen LogP contribution >= 0.6 is 0 Å². The summed E-state index contributed by atoms with van der Waals surface area (Å²) < 4.78 is 0. The molecule has 1 unspecified atom stereocenters. The first-order valence-corrected chi connectivity index (χ1v) is 5.98. The van der Waals surface area contributed by atoms with Gasteiger partial charge in [-0.2, -0.15) is 0 Å². The number of nitrogens with two attached hydrogens (primary N) is 1. The summed E-state index contributed by atoms with van der Waals surface area (Å²) in [4.78, 5) is 3.44. The topological polar surface area (TPSA) is 41.8 Å². The van der Waals surface area contributed by atoms with Crippen molar-refractivity contribution in [2.24, 2.45) is 11.7 Å². The number of rotatable bonds is 4. The number of aromatic nitrogens is 1. The van der Waals surface area contributed by atoms with Crippen molar-refractivity contribution < 1.29 is 0 Å². The van der Waals surface area contributed by atoms with Gasteiger partial charge in [-0.25, -0.2) is 0 Å². The van der Waals surface area contributed by atoms with Crippen LogP contribution in [0.4, 0.5) is 0 Å². The fraction of sp³-hybridized carbons (Fsp3) is 0.429. The summed E-state index contributed by atoms with van der Waals surface area (Å²) in [6.45, 7) is 5.21. The summed E-state index contributed by atoms with van der Waals surface area (Å²) in [5.74, 6) is 0.655. The van der Waals surface area contributed by atoms with Gasteiger partial charge in [0.05, 0.1) is 0 Å². The third kappa shape index (κ3) is 2.12. The van der Waals surface area contributed by atoms with E-state index in [1.807, 2.05) is 0 Å². The summed E-state index contributed by atoms with van der Waals surface area (Å²) in [5, 5.41) is 1.36. The van der Waals surface area contributed by atoms with Crippen LogP contribution in [0, 0.1) is 12.8 Å². The number of benzene rings is 1. The minimum atomic E-state index is 0.655. The van der Waals surface area contributed by atoms with Crippen molar-refractivity contribution in [3.63, 3.8) is 0 Å². The zero-order valence-electron chi connectivity index (χ0n) is 10.1. The SMILES string of the molecule is Cc1[nH]c2ccccc2c1CC(C)CCN. The molecule has 0 bridgehead atoms. The Morgan fingerprint density at radius 1 is 1.31 bits per heavy atom. The van der Waals surface area contributed by atoms with E-state index in [0.29, 0.717) is 5.92 Å². The van der Waals surface area contributed by atoms with Gasteiger partial charge in [0.2, 0.25) is 0 Å². The first-order valence-electron chi connectivity index (χ1n) is 5.98. The Kier molecular flexibility index (Phi) is 3.30. The molecular weight excluding hydrogens is 196 g/mol. The molecule has 3 N–H and O–H groups in total. The summed E-state index contributed by atoms with van der Waals surface area (Å²) in [6.07, 6.45) is 2.21. The monoisotopic (exact) mass is 216 g/mol. The highest BCUT2D eigenvalue weighted by Gasteiger charge is 2.10. The van der Waals surface area contributed by atoms with Gasteiger partial charge in [-0.3, -0.25) is 0 Å². The molecule has 0 amide bonds. The van der Waals surface area contributed by atoms with Gasteiger partial charge in [0.15, 0.2) is 0 Å². The molecule has 2 rings (SSSR count). The van der Waals surface area contributed by atoms with Gasteiger partial charge >= 0.3 is 0 Å². The van der Waals surface area contributed by atoms with Gasteiger partial charge in [0, 0.05) is 16.6 Å². The average molecular weight is 216 g/mol. The largest absolute Gasteiger partial charge is 0.358 e. The van der Waals surface area contributed by atoms with E-state index in [0.717, 1.165) is 19.4 Å². The molecule has 1 heterocycles. The highest BCUT2D eigenvalue weighted by molar-refractivity contribution is 5.84. The summed E-state index contributed by atoms with van der Waals surface area (Å²) in [5.41, 5.74) is 9.60. The van der Waals surface area contributed by atoms with Gasteiger partial charge in [0.25, 0.3) is 0 Å². The van der Waals surface area contributed by atoms with E-state index in [9.17, 15) is 0 Å². The van der Waals surface area contributed by atoms with Crippen molar-refractivity contribution in [2.45, 2.75) is 26.7 Å². The molecule has 1 aromatic carbocycles. The Hall–Kier alpha value is -1.28. The smallest absolute Gasteiger partial charge is 0.0458 e. The highest BCUT2D eigenvalue weighted by Crippen LogP contribution is 2.25. The lowest BCUT2D eigenvalue weighted by molar-refractivity contribution is 0.539. The number of fused-ring (bicyclic) bond motifs is 1. The first kappa shape index (κ1) is 11.2. The van der Waals surface area contributed by atoms with Crippen molar-refractivity contribution >= 4 is 10.9 Å². The number of nitrogens with one attached hydrogen (secondary N) is 1. The highest BCUT2D eigenvalue weighted by atomic mass is 14.7. The third-order valence-corrected chi connectivity index (χ3v) is 3.24. The Balaban J connectivity index is 2.32. The standard InChI is InChI=1S/C14H20N2/c1-10(7-8-15)9-13-11(2)16-14-6-4-3-5-12(13)14/h3-6,10,16H,7-9,15H2,1-2H3. The quantitative estimate of drug-likeness (QED) is 0.810. The van der Waals surface area contributed by atoms with Crippen LogP contribution in [-0.4, -0.2) is 11.5 Å². The molecule has 0 fully saturated rings. The maximum atomic E-state index is 5.60. The lowest BCUT2D eigenvalue weighted by Gasteiger charge is -2.09. The Bertz CT molecular complexity index is 471. The number of para-hydroxylation sites is 1. The third-order valence-electron chi connectivity index (χ3n) is 3.24. The second-order valence-corrected chi connectivity index (χ2v) is 4.66. The molecule has 0 saturated carbocycles. The maximum absolute atomic E-state index is 5.60. The van der Waals surface area contributed by atoms with Crippen LogP contribution in [0.5, 0.6) is 0 Å². The second kappa shape index (κ2) is 4.71. The Morgan fingerprint density at radius 2 is 2.06 bits per heavy atom. The zero-order chi connectivity index (χ0) is 11.5. The molecule has 0 aliphatic heterocycles. The molecule has 1 atom stereocenters. The maximum Gasteiger partial charge on any atom is 0.0458 e. The summed E-state index contributed by atoms with van der Waals surface area (Å²) >= 11 is 0. The average Bonchev–Trinajstić information content (AvgIpc) is 2.56. The summed E-state index contributed by atoms with van der Waals surface area (Å²) in [7, 11) is 0. The molecule has 0 saturated heterocycles. The lowest BCUT2D eigenvalue weighted by atomic mass is 9.96. The van der Waals surface area contributed by atoms with E-state index in [1.54, 1.807) is 0 Å². The summed E-state index contributed by atoms with van der Waals surface area (Å²) in [6, 6.07) is 8.51. The molecule has 0 spiro atoms. The number of H-pyrrole nitrogens is 1. The van der Waals surface area contributed by atoms with Crippen LogP contribution in [0.25, 0.3) is 10.9 Å². The van der Waals surface area contributed by atoms with Crippen LogP contribution in [-0.2, 0) is 6.42 Å². The molecule has 2 heteroatoms. The van der Waals surface area contributed by atoms with Crippen LogP contribution in [0.2, 0.25) is 0 Å². The van der Waals surface area contributed by atoms with Gasteiger partial charge in [-0.15, -0.1) is 0 Å². The van der Waals surface area contributed by atoms with Gasteiger partial charge in [-0.05, 0) is 43.9 Å². The Morgan fingerprint density at radius 3 is 2.81 bits per heavy atom. The molecule has 2 nitrogen and oxygen atoms in total. The zero-order valence-corrected chi connectivity index (χ0v) is 10.1. The van der Waals surface area contributed by atoms with Crippen LogP contribution in [0.3, 0.4) is 0 Å². The minimum absolute atomic E-state index is 0.655. The van der Waals surface area contributed by atoms with E-state index >= 15 is 0 Å². The number of hydrogen-bond donors (Lipinski definition) is 2. The van der Waals surface area contributed by atoms with Crippen molar-refractivity contribution in [3.05, 3.63) is 35.5 Å². The molecule has 1 aromatic heterocycles. The molecule has 2 aromatic rings. The van der Waals surface area contributed by atoms with E-state index in [1.165, 1.54) is 22.2 Å². The normalized spacial score (nSPS) is 13.2. The van der Waals surface area contributed by atoms with Crippen LogP contribution in [0.15, 0.2) is 24.3 Å². The Labute approximate surface area is 96.9 Å². The van der Waals surface area contributed by atoms with Crippen molar-refractivity contribution in [1.29, 1.82) is 0 Å². The van der Waals surface area contributed by atoms with Gasteiger partial charge in [0.1, 0.15) is 0 Å². The van der Waals surface area contributed by atoms with Crippen LogP contribution < -0.4 is 5.73 Å². The van der Waals surface area contributed by atoms with Crippen molar-refractivity contribution in [2.75, 3.05) is 6.54 Å². The fourth-order valence-electron chi connectivity index (χ4n) is 2.33. The van der Waals surface area contributed by atoms with E-state index in [-0.39, 0.29) is 0 Å². The fourth-order valence-corrected chi connectivity index (χ4v) is 2.33. The second-order valence-electron chi connectivity index (χ2n) is 4.66. The van der Waals surface area contributed by atoms with E-state index in [2.05, 4.69) is 43.1 Å².